The topological polar surface area (TPSA) is 84.2 Å². The molecule has 0 saturated carbocycles. The Kier molecular flexibility index (Phi) is 6.09. The van der Waals surface area contributed by atoms with Crippen molar-refractivity contribution in [1.82, 2.24) is 0 Å². The zero-order chi connectivity index (χ0) is 26.9. The SMILES string of the molecule is COc1cccc(/C=C2/Oc3cc(OC(=O)c4c(-c5ccccc5)oc5ccc(OC)cc45)ccc3C2=O)c1. The zero-order valence-corrected chi connectivity index (χ0v) is 21.1. The first-order valence-corrected chi connectivity index (χ1v) is 12.1. The van der Waals surface area contributed by atoms with Crippen LogP contribution in [0.3, 0.4) is 0 Å². The second-order valence-electron chi connectivity index (χ2n) is 8.80. The first kappa shape index (κ1) is 24.1. The first-order valence-electron chi connectivity index (χ1n) is 12.1. The fourth-order valence-electron chi connectivity index (χ4n) is 4.47. The van der Waals surface area contributed by atoms with E-state index >= 15 is 0 Å². The van der Waals surface area contributed by atoms with Crippen LogP contribution in [0.5, 0.6) is 23.0 Å². The van der Waals surface area contributed by atoms with Gasteiger partial charge in [-0.25, -0.2) is 4.79 Å². The van der Waals surface area contributed by atoms with Crippen molar-refractivity contribution >= 4 is 28.8 Å². The highest BCUT2D eigenvalue weighted by Gasteiger charge is 2.29. The molecule has 7 heteroatoms. The molecule has 0 aliphatic carbocycles. The molecule has 2 heterocycles. The van der Waals surface area contributed by atoms with Gasteiger partial charge >= 0.3 is 5.97 Å². The number of carbonyl (C=O) groups excluding carboxylic acids is 2. The van der Waals surface area contributed by atoms with E-state index < -0.39 is 5.97 Å². The number of allylic oxidation sites excluding steroid dienone is 1. The van der Waals surface area contributed by atoms with E-state index in [1.165, 1.54) is 6.07 Å². The summed E-state index contributed by atoms with van der Waals surface area (Å²) in [6.45, 7) is 0. The third kappa shape index (κ3) is 4.51. The molecule has 0 amide bonds. The maximum absolute atomic E-state index is 13.6. The highest BCUT2D eigenvalue weighted by Crippen LogP contribution is 2.38. The standard InChI is InChI=1S/C32H22O7/c1-35-21-10-6-7-19(15-21)16-28-30(33)24-13-11-23(18-27(24)38-28)37-32(34)29-25-17-22(36-2)12-14-26(25)39-31(29)20-8-4-3-5-9-20/h3-18H,1-2H3/b28-16+. The van der Waals surface area contributed by atoms with E-state index in [1.807, 2.05) is 48.5 Å². The lowest BCUT2D eigenvalue weighted by atomic mass is 10.1. The quantitative estimate of drug-likeness (QED) is 0.137. The minimum absolute atomic E-state index is 0.168. The number of hydrogen-bond acceptors (Lipinski definition) is 7. The van der Waals surface area contributed by atoms with Gasteiger partial charge in [0.25, 0.3) is 0 Å². The molecule has 1 aliphatic rings. The van der Waals surface area contributed by atoms with E-state index in [1.54, 1.807) is 56.7 Å². The Morgan fingerprint density at radius 1 is 0.795 bits per heavy atom. The van der Waals surface area contributed by atoms with E-state index in [0.29, 0.717) is 39.5 Å². The Balaban J connectivity index is 1.32. The molecule has 0 saturated heterocycles. The molecule has 0 bridgehead atoms. The number of methoxy groups -OCH3 is 2. The number of ether oxygens (including phenoxy) is 4. The normalized spacial score (nSPS) is 13.3. The molecule has 0 radical (unpaired) electrons. The van der Waals surface area contributed by atoms with E-state index in [-0.39, 0.29) is 22.9 Å². The third-order valence-corrected chi connectivity index (χ3v) is 6.38. The number of rotatable bonds is 6. The molecule has 0 spiro atoms. The largest absolute Gasteiger partial charge is 0.497 e. The maximum Gasteiger partial charge on any atom is 0.348 e. The van der Waals surface area contributed by atoms with Crippen LogP contribution < -0.4 is 18.9 Å². The number of carbonyl (C=O) groups is 2. The summed E-state index contributed by atoms with van der Waals surface area (Å²) in [7, 11) is 3.13. The van der Waals surface area contributed by atoms with Crippen molar-refractivity contribution in [3.05, 3.63) is 113 Å². The van der Waals surface area contributed by atoms with Crippen LogP contribution in [-0.4, -0.2) is 26.0 Å². The number of furan rings is 1. The molecule has 5 aromatic rings. The van der Waals surface area contributed by atoms with Crippen LogP contribution in [0.2, 0.25) is 0 Å². The average molecular weight is 519 g/mol. The summed E-state index contributed by atoms with van der Waals surface area (Å²) in [6, 6.07) is 26.6. The van der Waals surface area contributed by atoms with E-state index in [2.05, 4.69) is 0 Å². The summed E-state index contributed by atoms with van der Waals surface area (Å²) in [6.07, 6.45) is 1.65. The van der Waals surface area contributed by atoms with Gasteiger partial charge < -0.3 is 23.4 Å². The van der Waals surface area contributed by atoms with Gasteiger partial charge in [0.1, 0.15) is 39.9 Å². The van der Waals surface area contributed by atoms with E-state index in [0.717, 1.165) is 11.1 Å². The number of hydrogen-bond donors (Lipinski definition) is 0. The Morgan fingerprint density at radius 3 is 2.36 bits per heavy atom. The number of Topliss-reactive ketones (excluding diaryl/α,β-unsaturated/α-hetero) is 1. The van der Waals surface area contributed by atoms with Gasteiger partial charge in [0.2, 0.25) is 5.78 Å². The van der Waals surface area contributed by atoms with Gasteiger partial charge in [-0.15, -0.1) is 0 Å². The first-order chi connectivity index (χ1) is 19.0. The predicted molar refractivity (Wildman–Crippen MR) is 146 cm³/mol. The van der Waals surface area contributed by atoms with Crippen molar-refractivity contribution in [2.75, 3.05) is 14.2 Å². The van der Waals surface area contributed by atoms with Crippen molar-refractivity contribution in [3.8, 4) is 34.3 Å². The predicted octanol–water partition coefficient (Wildman–Crippen LogP) is 6.95. The molecular formula is C32H22O7. The fourth-order valence-corrected chi connectivity index (χ4v) is 4.47. The lowest BCUT2D eigenvalue weighted by molar-refractivity contribution is 0.0736. The maximum atomic E-state index is 13.6. The van der Waals surface area contributed by atoms with Gasteiger partial charge in [-0.1, -0.05) is 42.5 Å². The summed E-state index contributed by atoms with van der Waals surface area (Å²) in [5, 5.41) is 0.564. The van der Waals surface area contributed by atoms with Gasteiger partial charge in [0.05, 0.1) is 19.8 Å². The van der Waals surface area contributed by atoms with Crippen LogP contribution >= 0.6 is 0 Å². The highest BCUT2D eigenvalue weighted by atomic mass is 16.5. The van der Waals surface area contributed by atoms with Gasteiger partial charge in [-0.2, -0.15) is 0 Å². The van der Waals surface area contributed by atoms with E-state index in [9.17, 15) is 9.59 Å². The van der Waals surface area contributed by atoms with Crippen molar-refractivity contribution in [2.45, 2.75) is 0 Å². The minimum atomic E-state index is -0.614. The summed E-state index contributed by atoms with van der Waals surface area (Å²) in [5.74, 6) is 1.47. The van der Waals surface area contributed by atoms with Crippen LogP contribution in [0.1, 0.15) is 26.3 Å². The molecule has 6 rings (SSSR count). The molecule has 0 unspecified atom stereocenters. The van der Waals surface area contributed by atoms with Crippen LogP contribution in [-0.2, 0) is 0 Å². The molecule has 39 heavy (non-hydrogen) atoms. The molecule has 192 valence electrons. The molecule has 7 nitrogen and oxygen atoms in total. The van der Waals surface area contributed by atoms with Crippen molar-refractivity contribution in [1.29, 1.82) is 0 Å². The molecule has 0 atom stereocenters. The number of benzene rings is 4. The molecule has 0 N–H and O–H groups in total. The zero-order valence-electron chi connectivity index (χ0n) is 21.1. The third-order valence-electron chi connectivity index (χ3n) is 6.38. The molecular weight excluding hydrogens is 496 g/mol. The minimum Gasteiger partial charge on any atom is -0.497 e. The fraction of sp³-hybridized carbons (Fsp3) is 0.0625. The number of fused-ring (bicyclic) bond motifs is 2. The molecule has 1 aromatic heterocycles. The van der Waals surface area contributed by atoms with Crippen LogP contribution in [0.25, 0.3) is 28.4 Å². The molecule has 0 fully saturated rings. The van der Waals surface area contributed by atoms with Crippen LogP contribution in [0.4, 0.5) is 0 Å². The van der Waals surface area contributed by atoms with Gasteiger partial charge in [0, 0.05) is 17.0 Å². The second kappa shape index (κ2) is 9.87. The van der Waals surface area contributed by atoms with Crippen molar-refractivity contribution in [3.63, 3.8) is 0 Å². The molecule has 1 aliphatic heterocycles. The summed E-state index contributed by atoms with van der Waals surface area (Å²) < 4.78 is 28.3. The van der Waals surface area contributed by atoms with Gasteiger partial charge in [-0.05, 0) is 54.1 Å². The number of ketones is 1. The second-order valence-corrected chi connectivity index (χ2v) is 8.80. The van der Waals surface area contributed by atoms with Crippen molar-refractivity contribution in [2.24, 2.45) is 0 Å². The Bertz CT molecular complexity index is 1760. The monoisotopic (exact) mass is 518 g/mol. The summed E-state index contributed by atoms with van der Waals surface area (Å²) >= 11 is 0. The summed E-state index contributed by atoms with van der Waals surface area (Å²) in [5.41, 5.74) is 2.66. The Morgan fingerprint density at radius 2 is 1.56 bits per heavy atom. The van der Waals surface area contributed by atoms with Crippen LogP contribution in [0.15, 0.2) is 101 Å². The Labute approximate surface area is 223 Å². The van der Waals surface area contributed by atoms with Gasteiger partial charge in [-0.3, -0.25) is 4.79 Å². The van der Waals surface area contributed by atoms with Gasteiger partial charge in [0.15, 0.2) is 5.76 Å². The average Bonchev–Trinajstić information content (AvgIpc) is 3.50. The molecule has 4 aromatic carbocycles. The number of esters is 1. The lowest BCUT2D eigenvalue weighted by Gasteiger charge is -2.07. The summed E-state index contributed by atoms with van der Waals surface area (Å²) in [4.78, 5) is 26.5. The lowest BCUT2D eigenvalue weighted by Crippen LogP contribution is -2.09. The smallest absolute Gasteiger partial charge is 0.348 e. The Hall–Kier alpha value is -5.30. The van der Waals surface area contributed by atoms with Crippen molar-refractivity contribution < 1.29 is 33.0 Å². The van der Waals surface area contributed by atoms with E-state index in [4.69, 9.17) is 23.4 Å². The van der Waals surface area contributed by atoms with Crippen LogP contribution in [0, 0.1) is 0 Å². The highest BCUT2D eigenvalue weighted by molar-refractivity contribution is 6.15.